The number of likely N-dealkylation sites (N-methyl/N-ethyl adjacent to an activating group) is 1. The topological polar surface area (TPSA) is 29.3 Å². The second-order valence-electron chi connectivity index (χ2n) is 5.28. The van der Waals surface area contributed by atoms with E-state index >= 15 is 0 Å². The number of rotatable bonds is 6. The van der Waals surface area contributed by atoms with E-state index in [1.807, 2.05) is 38.1 Å². The summed E-state index contributed by atoms with van der Waals surface area (Å²) in [6, 6.07) is 7.42. The van der Waals surface area contributed by atoms with Crippen LogP contribution in [0, 0.1) is 6.92 Å². The van der Waals surface area contributed by atoms with E-state index < -0.39 is 12.6 Å². The highest BCUT2D eigenvalue weighted by Crippen LogP contribution is 2.27. The van der Waals surface area contributed by atoms with Crippen LogP contribution in [0.1, 0.15) is 36.9 Å². The van der Waals surface area contributed by atoms with Crippen LogP contribution in [-0.2, 0) is 0 Å². The van der Waals surface area contributed by atoms with Crippen LogP contribution in [-0.4, -0.2) is 30.7 Å². The van der Waals surface area contributed by atoms with Gasteiger partial charge in [0.15, 0.2) is 0 Å². The predicted molar refractivity (Wildman–Crippen MR) is 75.5 cm³/mol. The highest BCUT2D eigenvalue weighted by molar-refractivity contribution is 5.26. The van der Waals surface area contributed by atoms with Crippen molar-refractivity contribution in [2.75, 3.05) is 13.6 Å². The lowest BCUT2D eigenvalue weighted by Gasteiger charge is -2.33. The molecule has 0 spiro atoms. The normalized spacial score (nSPS) is 15.4. The fraction of sp³-hybridized carbons (Fsp3) is 0.600. The zero-order valence-electron chi connectivity index (χ0n) is 12.2. The van der Waals surface area contributed by atoms with Gasteiger partial charge < -0.3 is 5.73 Å². The monoisotopic (exact) mass is 288 g/mol. The summed E-state index contributed by atoms with van der Waals surface area (Å²) in [5, 5.41) is 0. The van der Waals surface area contributed by atoms with E-state index in [0.29, 0.717) is 0 Å². The summed E-state index contributed by atoms with van der Waals surface area (Å²) in [5.74, 6) is 0. The van der Waals surface area contributed by atoms with Crippen LogP contribution in [0.4, 0.5) is 13.2 Å². The van der Waals surface area contributed by atoms with Gasteiger partial charge in [-0.15, -0.1) is 0 Å². The Morgan fingerprint density at radius 1 is 1.30 bits per heavy atom. The van der Waals surface area contributed by atoms with Gasteiger partial charge >= 0.3 is 6.18 Å². The number of alkyl halides is 3. The smallest absolute Gasteiger partial charge is 0.326 e. The summed E-state index contributed by atoms with van der Waals surface area (Å²) >= 11 is 0. The Labute approximate surface area is 118 Å². The molecule has 0 aromatic heterocycles. The lowest BCUT2D eigenvalue weighted by atomic mass is 9.95. The van der Waals surface area contributed by atoms with Crippen LogP contribution in [0.3, 0.4) is 0 Å². The molecule has 0 saturated heterocycles. The number of nitrogens with two attached hydrogens (primary N) is 1. The average Bonchev–Trinajstić information content (AvgIpc) is 2.35. The van der Waals surface area contributed by atoms with Crippen molar-refractivity contribution in [2.24, 2.45) is 5.73 Å². The third kappa shape index (κ3) is 5.13. The molecule has 1 aromatic carbocycles. The summed E-state index contributed by atoms with van der Waals surface area (Å²) in [6.07, 6.45) is -4.24. The number of hydrogen-bond donors (Lipinski definition) is 1. The van der Waals surface area contributed by atoms with Crippen LogP contribution >= 0.6 is 0 Å². The van der Waals surface area contributed by atoms with Crippen molar-refractivity contribution in [3.8, 4) is 0 Å². The molecule has 0 aliphatic rings. The fourth-order valence-electron chi connectivity index (χ4n) is 2.35. The number of nitrogens with zero attached hydrogens (tertiary/aromatic N) is 1. The first kappa shape index (κ1) is 17.0. The van der Waals surface area contributed by atoms with Crippen molar-refractivity contribution >= 4 is 0 Å². The number of benzene rings is 1. The van der Waals surface area contributed by atoms with Crippen LogP contribution in [0.25, 0.3) is 0 Å². The van der Waals surface area contributed by atoms with E-state index in [-0.39, 0.29) is 18.6 Å². The Morgan fingerprint density at radius 2 is 1.95 bits per heavy atom. The van der Waals surface area contributed by atoms with E-state index in [0.717, 1.165) is 17.5 Å². The van der Waals surface area contributed by atoms with E-state index in [2.05, 4.69) is 0 Å². The SMILES string of the molecule is CCC(N)C(c1cccc(C)c1)N(C)CCC(F)(F)F. The number of halogens is 3. The minimum atomic E-state index is -4.14. The summed E-state index contributed by atoms with van der Waals surface area (Å²) < 4.78 is 37.1. The Hall–Kier alpha value is -1.07. The first-order chi connectivity index (χ1) is 9.24. The molecule has 1 rings (SSSR count). The molecule has 0 saturated carbocycles. The van der Waals surface area contributed by atoms with Crippen molar-refractivity contribution in [1.82, 2.24) is 4.90 Å². The molecule has 1 aromatic rings. The van der Waals surface area contributed by atoms with Crippen molar-refractivity contribution in [3.05, 3.63) is 35.4 Å². The molecule has 0 aliphatic carbocycles. The molecule has 5 heteroatoms. The van der Waals surface area contributed by atoms with Gasteiger partial charge in [-0.3, -0.25) is 4.90 Å². The van der Waals surface area contributed by atoms with Crippen LogP contribution in [0.5, 0.6) is 0 Å². The Bertz CT molecular complexity index is 418. The van der Waals surface area contributed by atoms with Gasteiger partial charge in [0.1, 0.15) is 0 Å². The fourth-order valence-corrected chi connectivity index (χ4v) is 2.35. The molecular formula is C15H23F3N2. The number of hydrogen-bond acceptors (Lipinski definition) is 2. The summed E-state index contributed by atoms with van der Waals surface area (Å²) in [4.78, 5) is 1.70. The molecule has 0 radical (unpaired) electrons. The van der Waals surface area contributed by atoms with Gasteiger partial charge in [0.2, 0.25) is 0 Å². The van der Waals surface area contributed by atoms with Crippen molar-refractivity contribution in [3.63, 3.8) is 0 Å². The highest BCUT2D eigenvalue weighted by atomic mass is 19.4. The molecule has 114 valence electrons. The quantitative estimate of drug-likeness (QED) is 0.865. The molecule has 2 unspecified atom stereocenters. The van der Waals surface area contributed by atoms with E-state index in [1.165, 1.54) is 0 Å². The zero-order chi connectivity index (χ0) is 15.3. The lowest BCUT2D eigenvalue weighted by molar-refractivity contribution is -0.138. The van der Waals surface area contributed by atoms with Crippen LogP contribution in [0.2, 0.25) is 0 Å². The molecule has 0 heterocycles. The van der Waals surface area contributed by atoms with Gasteiger partial charge in [-0.25, -0.2) is 0 Å². The highest BCUT2D eigenvalue weighted by Gasteiger charge is 2.30. The second kappa shape index (κ2) is 7.09. The Balaban J connectivity index is 2.89. The summed E-state index contributed by atoms with van der Waals surface area (Å²) in [6.45, 7) is 3.87. The maximum absolute atomic E-state index is 12.4. The minimum absolute atomic E-state index is 0.0458. The Kier molecular flexibility index (Phi) is 6.02. The minimum Gasteiger partial charge on any atom is -0.326 e. The molecule has 20 heavy (non-hydrogen) atoms. The van der Waals surface area contributed by atoms with Gasteiger partial charge in [-0.1, -0.05) is 36.8 Å². The maximum atomic E-state index is 12.4. The second-order valence-corrected chi connectivity index (χ2v) is 5.28. The average molecular weight is 288 g/mol. The number of aryl methyl sites for hydroxylation is 1. The lowest BCUT2D eigenvalue weighted by Crippen LogP contribution is -2.40. The van der Waals surface area contributed by atoms with Crippen LogP contribution in [0.15, 0.2) is 24.3 Å². The molecule has 0 amide bonds. The third-order valence-corrected chi connectivity index (χ3v) is 3.48. The van der Waals surface area contributed by atoms with Gasteiger partial charge in [0.25, 0.3) is 0 Å². The molecule has 2 nitrogen and oxygen atoms in total. The molecule has 0 aliphatic heterocycles. The van der Waals surface area contributed by atoms with Crippen molar-refractivity contribution in [1.29, 1.82) is 0 Å². The van der Waals surface area contributed by atoms with Gasteiger partial charge in [0.05, 0.1) is 6.42 Å². The van der Waals surface area contributed by atoms with E-state index in [4.69, 9.17) is 5.73 Å². The zero-order valence-corrected chi connectivity index (χ0v) is 12.2. The standard InChI is InChI=1S/C15H23F3N2/c1-4-13(19)14(12-7-5-6-11(2)10-12)20(3)9-8-15(16,17)18/h5-7,10,13-14H,4,8-9,19H2,1-3H3. The predicted octanol–water partition coefficient (Wildman–Crippen LogP) is 3.66. The summed E-state index contributed by atoms with van der Waals surface area (Å²) in [5.41, 5.74) is 8.18. The maximum Gasteiger partial charge on any atom is 0.390 e. The van der Waals surface area contributed by atoms with E-state index in [9.17, 15) is 13.2 Å². The molecular weight excluding hydrogens is 265 g/mol. The van der Waals surface area contributed by atoms with Crippen molar-refractivity contribution in [2.45, 2.75) is 44.9 Å². The van der Waals surface area contributed by atoms with Crippen LogP contribution < -0.4 is 5.73 Å². The molecule has 0 bridgehead atoms. The van der Waals surface area contributed by atoms with Gasteiger partial charge in [0, 0.05) is 18.6 Å². The molecule has 0 fully saturated rings. The van der Waals surface area contributed by atoms with Crippen molar-refractivity contribution < 1.29 is 13.2 Å². The molecule has 2 N–H and O–H groups in total. The first-order valence-corrected chi connectivity index (χ1v) is 6.83. The van der Waals surface area contributed by atoms with E-state index in [1.54, 1.807) is 11.9 Å². The van der Waals surface area contributed by atoms with Gasteiger partial charge in [-0.2, -0.15) is 13.2 Å². The first-order valence-electron chi connectivity index (χ1n) is 6.83. The third-order valence-electron chi connectivity index (χ3n) is 3.48. The Morgan fingerprint density at radius 3 is 2.45 bits per heavy atom. The largest absolute Gasteiger partial charge is 0.390 e. The molecule has 2 atom stereocenters. The van der Waals surface area contributed by atoms with Gasteiger partial charge in [-0.05, 0) is 26.0 Å². The summed E-state index contributed by atoms with van der Waals surface area (Å²) in [7, 11) is 1.70.